The Balaban J connectivity index is 1.98. The molecule has 21 heavy (non-hydrogen) atoms. The van der Waals surface area contributed by atoms with E-state index in [1.807, 2.05) is 25.1 Å². The third-order valence-corrected chi connectivity index (χ3v) is 4.15. The van der Waals surface area contributed by atoms with Crippen molar-refractivity contribution in [1.82, 2.24) is 5.32 Å². The maximum Gasteiger partial charge on any atom is 0.146 e. The number of hydrogen-bond donors (Lipinski definition) is 1. The average molecular weight is 417 g/mol. The van der Waals surface area contributed by atoms with Gasteiger partial charge in [0.05, 0.1) is 4.47 Å². The van der Waals surface area contributed by atoms with Gasteiger partial charge in [-0.15, -0.1) is 0 Å². The van der Waals surface area contributed by atoms with Gasteiger partial charge in [0.2, 0.25) is 0 Å². The highest BCUT2D eigenvalue weighted by Gasteiger charge is 2.09. The molecular formula is C16H19Br2NO2. The number of hydrogen-bond acceptors (Lipinski definition) is 3. The quantitative estimate of drug-likeness (QED) is 0.703. The van der Waals surface area contributed by atoms with Crippen molar-refractivity contribution in [1.29, 1.82) is 0 Å². The summed E-state index contributed by atoms with van der Waals surface area (Å²) in [5, 5.41) is 3.39. The van der Waals surface area contributed by atoms with E-state index in [1.165, 1.54) is 5.56 Å². The molecule has 0 amide bonds. The molecule has 0 aliphatic carbocycles. The molecule has 3 nitrogen and oxygen atoms in total. The standard InChI is InChI=1S/C16H19Br2NO2/c1-10(2)19-8-12-6-14(21-11(12)3)9-20-16-5-4-13(17)7-15(16)18/h4-7,10,19H,8-9H2,1-3H3. The lowest BCUT2D eigenvalue weighted by Crippen LogP contribution is -2.21. The highest BCUT2D eigenvalue weighted by atomic mass is 79.9. The first-order valence-electron chi connectivity index (χ1n) is 6.85. The number of nitrogens with one attached hydrogen (secondary N) is 1. The molecule has 2 rings (SSSR count). The van der Waals surface area contributed by atoms with Crippen molar-refractivity contribution in [2.75, 3.05) is 0 Å². The average Bonchev–Trinajstić information content (AvgIpc) is 2.76. The lowest BCUT2D eigenvalue weighted by atomic mass is 10.2. The molecule has 0 spiro atoms. The highest BCUT2D eigenvalue weighted by molar-refractivity contribution is 9.11. The molecule has 0 saturated carbocycles. The Kier molecular flexibility index (Phi) is 5.90. The number of benzene rings is 1. The van der Waals surface area contributed by atoms with Crippen LogP contribution in [0.4, 0.5) is 0 Å². The Hall–Kier alpha value is -0.780. The lowest BCUT2D eigenvalue weighted by Gasteiger charge is -2.06. The molecule has 0 unspecified atom stereocenters. The molecule has 0 aliphatic rings. The van der Waals surface area contributed by atoms with Crippen molar-refractivity contribution in [3.8, 4) is 5.75 Å². The van der Waals surface area contributed by atoms with Crippen molar-refractivity contribution in [3.05, 3.63) is 50.3 Å². The van der Waals surface area contributed by atoms with Crippen molar-refractivity contribution < 1.29 is 9.15 Å². The van der Waals surface area contributed by atoms with Crippen LogP contribution in [0.2, 0.25) is 0 Å². The zero-order valence-corrected chi connectivity index (χ0v) is 15.5. The van der Waals surface area contributed by atoms with Crippen molar-refractivity contribution in [2.24, 2.45) is 0 Å². The predicted octanol–water partition coefficient (Wildman–Crippen LogP) is 5.19. The Bertz CT molecular complexity index is 608. The summed E-state index contributed by atoms with van der Waals surface area (Å²) in [5.74, 6) is 2.58. The van der Waals surface area contributed by atoms with Crippen LogP contribution >= 0.6 is 31.9 Å². The van der Waals surface area contributed by atoms with Gasteiger partial charge in [0.25, 0.3) is 0 Å². The van der Waals surface area contributed by atoms with Crippen LogP contribution in [0.3, 0.4) is 0 Å². The molecule has 1 heterocycles. The van der Waals surface area contributed by atoms with Gasteiger partial charge in [-0.05, 0) is 47.1 Å². The third-order valence-electron chi connectivity index (χ3n) is 3.04. The van der Waals surface area contributed by atoms with Gasteiger partial charge in [0.15, 0.2) is 0 Å². The number of aryl methyl sites for hydroxylation is 1. The first kappa shape index (κ1) is 16.6. The van der Waals surface area contributed by atoms with Gasteiger partial charge in [0, 0.05) is 22.6 Å². The molecule has 5 heteroatoms. The Morgan fingerprint density at radius 1 is 1.24 bits per heavy atom. The van der Waals surface area contributed by atoms with E-state index in [4.69, 9.17) is 9.15 Å². The van der Waals surface area contributed by atoms with Crippen molar-refractivity contribution in [2.45, 2.75) is 40.0 Å². The van der Waals surface area contributed by atoms with E-state index in [1.54, 1.807) is 0 Å². The van der Waals surface area contributed by atoms with Gasteiger partial charge >= 0.3 is 0 Å². The van der Waals surface area contributed by atoms with Crippen LogP contribution in [0.1, 0.15) is 30.9 Å². The SMILES string of the molecule is Cc1oc(COc2ccc(Br)cc2Br)cc1CNC(C)C. The van der Waals surface area contributed by atoms with Crippen LogP contribution in [-0.2, 0) is 13.2 Å². The van der Waals surface area contributed by atoms with Crippen LogP contribution < -0.4 is 10.1 Å². The minimum absolute atomic E-state index is 0.419. The summed E-state index contributed by atoms with van der Waals surface area (Å²) < 4.78 is 13.5. The fourth-order valence-corrected chi connectivity index (χ4v) is 3.05. The molecule has 1 aromatic carbocycles. The van der Waals surface area contributed by atoms with E-state index in [0.29, 0.717) is 12.6 Å². The number of rotatable bonds is 6. The molecule has 0 bridgehead atoms. The van der Waals surface area contributed by atoms with Crippen LogP contribution in [0, 0.1) is 6.92 Å². The van der Waals surface area contributed by atoms with Crippen molar-refractivity contribution in [3.63, 3.8) is 0 Å². The summed E-state index contributed by atoms with van der Waals surface area (Å²) in [4.78, 5) is 0. The fraction of sp³-hybridized carbons (Fsp3) is 0.375. The molecule has 2 aromatic rings. The number of furan rings is 1. The Labute approximate surface area is 142 Å². The summed E-state index contributed by atoms with van der Waals surface area (Å²) in [6.07, 6.45) is 0. The smallest absolute Gasteiger partial charge is 0.146 e. The van der Waals surface area contributed by atoms with Crippen LogP contribution in [0.15, 0.2) is 37.6 Å². The van der Waals surface area contributed by atoms with Gasteiger partial charge < -0.3 is 14.5 Å². The van der Waals surface area contributed by atoms with Crippen LogP contribution in [0.25, 0.3) is 0 Å². The zero-order valence-electron chi connectivity index (χ0n) is 12.4. The topological polar surface area (TPSA) is 34.4 Å². The van der Waals surface area contributed by atoms with Gasteiger partial charge in [-0.25, -0.2) is 0 Å². The molecule has 0 aliphatic heterocycles. The lowest BCUT2D eigenvalue weighted by molar-refractivity contribution is 0.266. The zero-order chi connectivity index (χ0) is 15.4. The van der Waals surface area contributed by atoms with E-state index in [2.05, 4.69) is 57.1 Å². The first-order valence-corrected chi connectivity index (χ1v) is 8.43. The van der Waals surface area contributed by atoms with E-state index < -0.39 is 0 Å². The molecule has 1 aromatic heterocycles. The molecule has 0 atom stereocenters. The summed E-state index contributed by atoms with van der Waals surface area (Å²) >= 11 is 6.91. The maximum absolute atomic E-state index is 5.79. The summed E-state index contributed by atoms with van der Waals surface area (Å²) in [5.41, 5.74) is 1.18. The summed E-state index contributed by atoms with van der Waals surface area (Å²) in [6, 6.07) is 8.34. The van der Waals surface area contributed by atoms with Crippen LogP contribution in [0.5, 0.6) is 5.75 Å². The predicted molar refractivity (Wildman–Crippen MR) is 91.6 cm³/mol. The van der Waals surface area contributed by atoms with E-state index in [0.717, 1.165) is 32.8 Å². The second kappa shape index (κ2) is 7.47. The molecule has 0 saturated heterocycles. The minimum atomic E-state index is 0.419. The summed E-state index contributed by atoms with van der Waals surface area (Å²) in [6.45, 7) is 7.48. The van der Waals surface area contributed by atoms with E-state index in [9.17, 15) is 0 Å². The molecule has 114 valence electrons. The highest BCUT2D eigenvalue weighted by Crippen LogP contribution is 2.29. The van der Waals surface area contributed by atoms with Gasteiger partial charge in [0.1, 0.15) is 23.9 Å². The fourth-order valence-electron chi connectivity index (χ4n) is 1.89. The largest absolute Gasteiger partial charge is 0.484 e. The molecule has 0 fully saturated rings. The first-order chi connectivity index (χ1) is 9.95. The second-order valence-corrected chi connectivity index (χ2v) is 6.96. The third kappa shape index (κ3) is 4.87. The monoisotopic (exact) mass is 415 g/mol. The second-order valence-electron chi connectivity index (χ2n) is 5.19. The van der Waals surface area contributed by atoms with E-state index >= 15 is 0 Å². The van der Waals surface area contributed by atoms with Gasteiger partial charge in [-0.2, -0.15) is 0 Å². The Morgan fingerprint density at radius 2 is 2.00 bits per heavy atom. The molecule has 1 N–H and O–H groups in total. The normalized spacial score (nSPS) is 11.1. The Morgan fingerprint density at radius 3 is 2.67 bits per heavy atom. The van der Waals surface area contributed by atoms with Gasteiger partial charge in [-0.1, -0.05) is 29.8 Å². The number of ether oxygens (including phenoxy) is 1. The van der Waals surface area contributed by atoms with Gasteiger partial charge in [-0.3, -0.25) is 0 Å². The molecule has 0 radical (unpaired) electrons. The van der Waals surface area contributed by atoms with E-state index in [-0.39, 0.29) is 0 Å². The maximum atomic E-state index is 5.79. The summed E-state index contributed by atoms with van der Waals surface area (Å²) in [7, 11) is 0. The molecular weight excluding hydrogens is 398 g/mol. The number of halogens is 2. The van der Waals surface area contributed by atoms with Crippen LogP contribution in [-0.4, -0.2) is 6.04 Å². The van der Waals surface area contributed by atoms with Crippen molar-refractivity contribution >= 4 is 31.9 Å². The minimum Gasteiger partial charge on any atom is -0.484 e.